The molecule has 0 radical (unpaired) electrons. The smallest absolute Gasteiger partial charge is 0.347 e. The van der Waals surface area contributed by atoms with E-state index in [0.717, 1.165) is 12.5 Å². The minimum absolute atomic E-state index is 0.0382. The Morgan fingerprint density at radius 1 is 1.18 bits per heavy atom. The molecule has 1 atom stereocenters. The number of carbonyl (C=O) groups is 3. The molecule has 6 nitrogen and oxygen atoms in total. The predicted molar refractivity (Wildman–Crippen MR) is 77.7 cm³/mol. The molecule has 0 aliphatic rings. The van der Waals surface area contributed by atoms with Crippen molar-refractivity contribution in [2.24, 2.45) is 0 Å². The van der Waals surface area contributed by atoms with E-state index in [-0.39, 0.29) is 6.61 Å². The number of esters is 3. The van der Waals surface area contributed by atoms with Crippen LogP contribution >= 0.6 is 0 Å². The molecule has 1 rings (SSSR count). The number of benzene rings is 1. The van der Waals surface area contributed by atoms with Gasteiger partial charge in [-0.2, -0.15) is 0 Å². The van der Waals surface area contributed by atoms with Gasteiger partial charge in [-0.25, -0.2) is 4.79 Å². The second-order valence-electron chi connectivity index (χ2n) is 4.23. The molecule has 0 amide bonds. The van der Waals surface area contributed by atoms with Crippen molar-refractivity contribution in [3.63, 3.8) is 0 Å². The van der Waals surface area contributed by atoms with Crippen molar-refractivity contribution in [3.05, 3.63) is 35.9 Å². The van der Waals surface area contributed by atoms with Crippen LogP contribution in [-0.4, -0.2) is 30.6 Å². The molecule has 0 heterocycles. The van der Waals surface area contributed by atoms with Crippen LogP contribution in [0.5, 0.6) is 0 Å². The van der Waals surface area contributed by atoms with Gasteiger partial charge in [0.25, 0.3) is 0 Å². The minimum Gasteiger partial charge on any atom is -0.466 e. The van der Waals surface area contributed by atoms with Crippen molar-refractivity contribution in [1.82, 2.24) is 0 Å². The third kappa shape index (κ3) is 7.42. The standard InChI is InChI=1S/C16H20O6/c1-12(22-15(18)9-6-10-20-13(2)17)16(19)21-11-14-7-4-3-5-8-14/h3-5,7-8,12H,6,9-11H2,1-2H3/t12-/m0/s1/i9D2,10D2. The molecular weight excluding hydrogens is 288 g/mol. The summed E-state index contributed by atoms with van der Waals surface area (Å²) < 4.78 is 44.1. The molecule has 0 N–H and O–H groups in total. The number of rotatable bonds is 8. The van der Waals surface area contributed by atoms with E-state index in [4.69, 9.17) is 15.0 Å². The van der Waals surface area contributed by atoms with Crippen molar-refractivity contribution in [2.45, 2.75) is 39.4 Å². The first-order chi connectivity index (χ1) is 11.9. The average Bonchev–Trinajstić information content (AvgIpc) is 2.50. The fourth-order valence-corrected chi connectivity index (χ4v) is 1.34. The van der Waals surface area contributed by atoms with Gasteiger partial charge in [0.15, 0.2) is 6.10 Å². The third-order valence-corrected chi connectivity index (χ3v) is 2.36. The Morgan fingerprint density at radius 2 is 1.86 bits per heavy atom. The molecule has 1 aromatic carbocycles. The van der Waals surface area contributed by atoms with Crippen LogP contribution in [0.15, 0.2) is 30.3 Å². The van der Waals surface area contributed by atoms with Crippen LogP contribution in [-0.2, 0) is 35.2 Å². The number of hydrogen-bond acceptors (Lipinski definition) is 6. The number of ether oxygens (including phenoxy) is 3. The Labute approximate surface area is 135 Å². The molecule has 0 saturated heterocycles. The minimum atomic E-state index is -2.81. The second kappa shape index (κ2) is 9.55. The van der Waals surface area contributed by atoms with Crippen LogP contribution < -0.4 is 0 Å². The van der Waals surface area contributed by atoms with Gasteiger partial charge in [0.1, 0.15) is 6.61 Å². The van der Waals surface area contributed by atoms with Crippen LogP contribution in [0.2, 0.25) is 0 Å². The summed E-state index contributed by atoms with van der Waals surface area (Å²) in [4.78, 5) is 34.6. The topological polar surface area (TPSA) is 78.9 Å². The van der Waals surface area contributed by atoms with Crippen molar-refractivity contribution in [1.29, 1.82) is 0 Å². The predicted octanol–water partition coefficient (Wildman–Crippen LogP) is 2.00. The summed E-state index contributed by atoms with van der Waals surface area (Å²) in [7, 11) is 0. The third-order valence-electron chi connectivity index (χ3n) is 2.36. The highest BCUT2D eigenvalue weighted by Gasteiger charge is 2.19. The fraction of sp³-hybridized carbons (Fsp3) is 0.438. The lowest BCUT2D eigenvalue weighted by Crippen LogP contribution is -2.26. The van der Waals surface area contributed by atoms with Crippen LogP contribution in [0.25, 0.3) is 0 Å². The summed E-state index contributed by atoms with van der Waals surface area (Å²) in [6.07, 6.45) is -5.28. The van der Waals surface area contributed by atoms with Gasteiger partial charge in [-0.3, -0.25) is 9.59 Å². The highest BCUT2D eigenvalue weighted by atomic mass is 16.6. The van der Waals surface area contributed by atoms with Crippen LogP contribution in [0.1, 0.15) is 37.7 Å². The van der Waals surface area contributed by atoms with Crippen molar-refractivity contribution in [3.8, 4) is 0 Å². The van der Waals surface area contributed by atoms with Gasteiger partial charge in [0.2, 0.25) is 0 Å². The Morgan fingerprint density at radius 3 is 2.50 bits per heavy atom. The average molecular weight is 312 g/mol. The van der Waals surface area contributed by atoms with Crippen LogP contribution in [0.3, 0.4) is 0 Å². The van der Waals surface area contributed by atoms with Crippen molar-refractivity contribution < 1.29 is 34.1 Å². The SMILES string of the molecule is [2H]C([2H])(CC([2H])([2H])C(=O)O[C@@H](C)C(=O)OCc1ccccc1)OC(C)=O. The molecule has 0 fully saturated rings. The molecule has 120 valence electrons. The number of hydrogen-bond donors (Lipinski definition) is 0. The fourth-order valence-electron chi connectivity index (χ4n) is 1.34. The maximum absolute atomic E-state index is 11.9. The van der Waals surface area contributed by atoms with E-state index in [1.807, 2.05) is 0 Å². The maximum Gasteiger partial charge on any atom is 0.347 e. The van der Waals surface area contributed by atoms with Crippen LogP contribution in [0.4, 0.5) is 0 Å². The largest absolute Gasteiger partial charge is 0.466 e. The van der Waals surface area contributed by atoms with E-state index in [1.165, 1.54) is 6.92 Å². The molecule has 0 aromatic heterocycles. The van der Waals surface area contributed by atoms with Gasteiger partial charge < -0.3 is 14.2 Å². The first-order valence-electron chi connectivity index (χ1n) is 8.54. The van der Waals surface area contributed by atoms with E-state index in [2.05, 4.69) is 4.74 Å². The summed E-state index contributed by atoms with van der Waals surface area (Å²) in [5.74, 6) is -3.30. The Bertz CT molecular complexity index is 647. The number of carbonyl (C=O) groups excluding carboxylic acids is 3. The molecular formula is C16H20O6. The Kier molecular flexibility index (Phi) is 5.29. The lowest BCUT2D eigenvalue weighted by molar-refractivity contribution is -0.167. The van der Waals surface area contributed by atoms with Crippen molar-refractivity contribution >= 4 is 17.9 Å². The molecule has 1 aromatic rings. The van der Waals surface area contributed by atoms with Gasteiger partial charge >= 0.3 is 17.9 Å². The van der Waals surface area contributed by atoms with E-state index in [9.17, 15) is 14.4 Å². The van der Waals surface area contributed by atoms with Gasteiger partial charge in [-0.05, 0) is 18.9 Å². The van der Waals surface area contributed by atoms with Crippen molar-refractivity contribution in [2.75, 3.05) is 6.56 Å². The monoisotopic (exact) mass is 312 g/mol. The molecule has 6 heteroatoms. The molecule has 0 bridgehead atoms. The molecule has 22 heavy (non-hydrogen) atoms. The summed E-state index contributed by atoms with van der Waals surface area (Å²) in [6.45, 7) is -0.576. The Balaban J connectivity index is 2.58. The Hall–Kier alpha value is -2.37. The van der Waals surface area contributed by atoms with Crippen LogP contribution in [0, 0.1) is 0 Å². The second-order valence-corrected chi connectivity index (χ2v) is 4.23. The van der Waals surface area contributed by atoms with Gasteiger partial charge in [0.05, 0.1) is 9.30 Å². The highest BCUT2D eigenvalue weighted by Crippen LogP contribution is 2.05. The maximum atomic E-state index is 11.9. The molecule has 0 aliphatic carbocycles. The lowest BCUT2D eigenvalue weighted by atomic mass is 10.2. The molecule has 0 aliphatic heterocycles. The van der Waals surface area contributed by atoms with E-state index >= 15 is 0 Å². The van der Waals surface area contributed by atoms with Gasteiger partial charge in [0, 0.05) is 16.0 Å². The summed E-state index contributed by atoms with van der Waals surface area (Å²) in [5.41, 5.74) is 0.726. The molecule has 0 unspecified atom stereocenters. The lowest BCUT2D eigenvalue weighted by Gasteiger charge is -2.12. The van der Waals surface area contributed by atoms with Gasteiger partial charge in [-0.15, -0.1) is 0 Å². The van der Waals surface area contributed by atoms with E-state index in [1.54, 1.807) is 30.3 Å². The van der Waals surface area contributed by atoms with E-state index in [0.29, 0.717) is 0 Å². The molecule has 0 saturated carbocycles. The quantitative estimate of drug-likeness (QED) is 0.539. The normalized spacial score (nSPS) is 15.4. The zero-order chi connectivity index (χ0) is 20.0. The highest BCUT2D eigenvalue weighted by molar-refractivity contribution is 5.79. The zero-order valence-corrected chi connectivity index (χ0v) is 12.3. The first-order valence-corrected chi connectivity index (χ1v) is 6.54. The van der Waals surface area contributed by atoms with E-state index < -0.39 is 43.4 Å². The summed E-state index contributed by atoms with van der Waals surface area (Å²) in [6, 6.07) is 8.79. The summed E-state index contributed by atoms with van der Waals surface area (Å²) in [5, 5.41) is 0. The first kappa shape index (κ1) is 12.2. The zero-order valence-electron chi connectivity index (χ0n) is 16.3. The van der Waals surface area contributed by atoms with Gasteiger partial charge in [-0.1, -0.05) is 30.3 Å². The summed E-state index contributed by atoms with van der Waals surface area (Å²) >= 11 is 0. The molecule has 0 spiro atoms.